The molecule has 0 aliphatic heterocycles. The highest BCUT2D eigenvalue weighted by atomic mass is 16.4. The van der Waals surface area contributed by atoms with Gasteiger partial charge in [-0.15, -0.1) is 0 Å². The fourth-order valence-electron chi connectivity index (χ4n) is 3.00. The van der Waals surface area contributed by atoms with E-state index in [9.17, 15) is 19.5 Å². The number of hydrogen-bond acceptors (Lipinski definition) is 3. The Morgan fingerprint density at radius 3 is 2.07 bits per heavy atom. The van der Waals surface area contributed by atoms with Gasteiger partial charge in [0.25, 0.3) is 5.91 Å². The van der Waals surface area contributed by atoms with Crippen LogP contribution in [-0.2, 0) is 9.59 Å². The summed E-state index contributed by atoms with van der Waals surface area (Å²) in [6.07, 6.45) is 1.59. The second kappa shape index (κ2) is 8.49. The molecule has 27 heavy (non-hydrogen) atoms. The van der Waals surface area contributed by atoms with E-state index in [1.54, 1.807) is 24.3 Å². The summed E-state index contributed by atoms with van der Waals surface area (Å²) in [5.41, 5.74) is 1.29. The van der Waals surface area contributed by atoms with Crippen molar-refractivity contribution in [2.24, 2.45) is 5.92 Å². The SMILES string of the molecule is O=C(CC(NC(=O)c1ccccc1)c1ccccc1)NC(C(=O)O)C1CC1. The summed E-state index contributed by atoms with van der Waals surface area (Å²) in [4.78, 5) is 36.3. The Bertz CT molecular complexity index is 803. The third kappa shape index (κ3) is 5.17. The summed E-state index contributed by atoms with van der Waals surface area (Å²) in [6.45, 7) is 0. The Kier molecular flexibility index (Phi) is 5.86. The van der Waals surface area contributed by atoms with Crippen LogP contribution < -0.4 is 10.6 Å². The van der Waals surface area contributed by atoms with Crippen LogP contribution in [0.5, 0.6) is 0 Å². The maximum Gasteiger partial charge on any atom is 0.326 e. The van der Waals surface area contributed by atoms with Gasteiger partial charge in [-0.25, -0.2) is 4.79 Å². The molecule has 6 nitrogen and oxygen atoms in total. The number of carbonyl (C=O) groups excluding carboxylic acids is 2. The molecular weight excluding hydrogens is 344 g/mol. The van der Waals surface area contributed by atoms with Gasteiger partial charge in [0.15, 0.2) is 0 Å². The zero-order valence-corrected chi connectivity index (χ0v) is 14.8. The third-order valence-electron chi connectivity index (χ3n) is 4.61. The summed E-state index contributed by atoms with van der Waals surface area (Å²) in [5, 5.41) is 14.8. The molecular formula is C21H22N2O4. The van der Waals surface area contributed by atoms with E-state index < -0.39 is 24.0 Å². The van der Waals surface area contributed by atoms with Crippen molar-refractivity contribution in [3.63, 3.8) is 0 Å². The fraction of sp³-hybridized carbons (Fsp3) is 0.286. The van der Waals surface area contributed by atoms with Crippen LogP contribution in [0.15, 0.2) is 60.7 Å². The van der Waals surface area contributed by atoms with E-state index in [1.807, 2.05) is 36.4 Å². The van der Waals surface area contributed by atoms with E-state index in [2.05, 4.69) is 10.6 Å². The summed E-state index contributed by atoms with van der Waals surface area (Å²) in [5.74, 6) is -1.69. The minimum atomic E-state index is -1.02. The van der Waals surface area contributed by atoms with Crippen LogP contribution in [0.2, 0.25) is 0 Å². The number of hydrogen-bond donors (Lipinski definition) is 3. The van der Waals surface area contributed by atoms with Crippen molar-refractivity contribution < 1.29 is 19.5 Å². The lowest BCUT2D eigenvalue weighted by Gasteiger charge is -2.21. The van der Waals surface area contributed by atoms with E-state index in [1.165, 1.54) is 0 Å². The molecule has 2 aromatic rings. The maximum absolute atomic E-state index is 12.5. The van der Waals surface area contributed by atoms with E-state index >= 15 is 0 Å². The average Bonchev–Trinajstić information content (AvgIpc) is 3.51. The van der Waals surface area contributed by atoms with Crippen LogP contribution in [0.1, 0.15) is 41.2 Å². The topological polar surface area (TPSA) is 95.5 Å². The number of aliphatic carboxylic acids is 1. The Hall–Kier alpha value is -3.15. The van der Waals surface area contributed by atoms with Gasteiger partial charge in [0.1, 0.15) is 6.04 Å². The number of carboxylic acid groups (broad SMARTS) is 1. The number of nitrogens with one attached hydrogen (secondary N) is 2. The summed E-state index contributed by atoms with van der Waals surface area (Å²) in [7, 11) is 0. The van der Waals surface area contributed by atoms with E-state index in [4.69, 9.17) is 0 Å². The van der Waals surface area contributed by atoms with Gasteiger partial charge in [-0.3, -0.25) is 9.59 Å². The molecule has 0 saturated heterocycles. The molecule has 2 amide bonds. The number of benzene rings is 2. The highest BCUT2D eigenvalue weighted by Gasteiger charge is 2.37. The lowest BCUT2D eigenvalue weighted by molar-refractivity contribution is -0.142. The molecule has 2 atom stereocenters. The number of carboxylic acids is 1. The molecule has 6 heteroatoms. The van der Waals surface area contributed by atoms with Gasteiger partial charge in [-0.1, -0.05) is 48.5 Å². The van der Waals surface area contributed by atoms with Gasteiger partial charge >= 0.3 is 5.97 Å². The molecule has 0 aromatic heterocycles. The first-order chi connectivity index (χ1) is 13.0. The first kappa shape index (κ1) is 18.6. The predicted molar refractivity (Wildman–Crippen MR) is 100.0 cm³/mol. The normalized spacial score (nSPS) is 15.4. The molecule has 1 fully saturated rings. The fourth-order valence-corrected chi connectivity index (χ4v) is 3.00. The van der Waals surface area contributed by atoms with Gasteiger partial charge < -0.3 is 15.7 Å². The molecule has 0 radical (unpaired) electrons. The summed E-state index contributed by atoms with van der Waals surface area (Å²) in [6, 6.07) is 16.5. The van der Waals surface area contributed by atoms with Crippen molar-refractivity contribution in [1.29, 1.82) is 0 Å². The Morgan fingerprint density at radius 1 is 0.926 bits per heavy atom. The predicted octanol–water partition coefficient (Wildman–Crippen LogP) is 2.53. The van der Waals surface area contributed by atoms with Crippen LogP contribution in [0, 0.1) is 5.92 Å². The zero-order valence-electron chi connectivity index (χ0n) is 14.8. The molecule has 140 valence electrons. The standard InChI is InChI=1S/C21H22N2O4/c24-18(23-19(21(26)27)15-11-12-15)13-17(14-7-3-1-4-8-14)22-20(25)16-9-5-2-6-10-16/h1-10,15,17,19H,11-13H2,(H,22,25)(H,23,24)(H,26,27). The zero-order chi connectivity index (χ0) is 19.2. The van der Waals surface area contributed by atoms with Crippen molar-refractivity contribution in [3.8, 4) is 0 Å². The van der Waals surface area contributed by atoms with Crippen LogP contribution >= 0.6 is 0 Å². The van der Waals surface area contributed by atoms with Gasteiger partial charge in [0, 0.05) is 5.56 Å². The number of rotatable bonds is 8. The summed E-state index contributed by atoms with van der Waals surface area (Å²) >= 11 is 0. The molecule has 1 aliphatic carbocycles. The second-order valence-electron chi connectivity index (χ2n) is 6.73. The highest BCUT2D eigenvalue weighted by Crippen LogP contribution is 2.33. The quantitative estimate of drug-likeness (QED) is 0.669. The Labute approximate surface area is 157 Å². The van der Waals surface area contributed by atoms with Gasteiger partial charge in [-0.2, -0.15) is 0 Å². The lowest BCUT2D eigenvalue weighted by atomic mass is 10.0. The van der Waals surface area contributed by atoms with Crippen LogP contribution in [-0.4, -0.2) is 28.9 Å². The first-order valence-electron chi connectivity index (χ1n) is 8.97. The largest absolute Gasteiger partial charge is 0.480 e. The molecule has 2 unspecified atom stereocenters. The van der Waals surface area contributed by atoms with Crippen LogP contribution in [0.25, 0.3) is 0 Å². The van der Waals surface area contributed by atoms with E-state index in [-0.39, 0.29) is 18.2 Å². The second-order valence-corrected chi connectivity index (χ2v) is 6.73. The number of amides is 2. The average molecular weight is 366 g/mol. The van der Waals surface area contributed by atoms with Crippen molar-refractivity contribution in [3.05, 3.63) is 71.8 Å². The molecule has 2 aromatic carbocycles. The number of carbonyl (C=O) groups is 3. The maximum atomic E-state index is 12.5. The summed E-state index contributed by atoms with van der Waals surface area (Å²) < 4.78 is 0. The highest BCUT2D eigenvalue weighted by molar-refractivity contribution is 5.94. The van der Waals surface area contributed by atoms with Crippen LogP contribution in [0.3, 0.4) is 0 Å². The van der Waals surface area contributed by atoms with Crippen molar-refractivity contribution in [2.45, 2.75) is 31.3 Å². The minimum absolute atomic E-state index is 0.000496. The molecule has 3 N–H and O–H groups in total. The first-order valence-corrected chi connectivity index (χ1v) is 8.97. The van der Waals surface area contributed by atoms with Crippen molar-refractivity contribution >= 4 is 17.8 Å². The lowest BCUT2D eigenvalue weighted by Crippen LogP contribution is -2.44. The molecule has 1 aliphatic rings. The Morgan fingerprint density at radius 2 is 1.52 bits per heavy atom. The monoisotopic (exact) mass is 366 g/mol. The smallest absolute Gasteiger partial charge is 0.326 e. The molecule has 0 heterocycles. The molecule has 0 bridgehead atoms. The van der Waals surface area contributed by atoms with Crippen LogP contribution in [0.4, 0.5) is 0 Å². The van der Waals surface area contributed by atoms with Crippen molar-refractivity contribution in [1.82, 2.24) is 10.6 Å². The molecule has 3 rings (SSSR count). The third-order valence-corrected chi connectivity index (χ3v) is 4.61. The van der Waals surface area contributed by atoms with Gasteiger partial charge in [0.2, 0.25) is 5.91 Å². The Balaban J connectivity index is 1.71. The minimum Gasteiger partial charge on any atom is -0.480 e. The van der Waals surface area contributed by atoms with Gasteiger partial charge in [0.05, 0.1) is 12.5 Å². The molecule has 1 saturated carbocycles. The van der Waals surface area contributed by atoms with Gasteiger partial charge in [-0.05, 0) is 36.5 Å². The van der Waals surface area contributed by atoms with E-state index in [0.29, 0.717) is 5.56 Å². The van der Waals surface area contributed by atoms with E-state index in [0.717, 1.165) is 18.4 Å². The van der Waals surface area contributed by atoms with Crippen molar-refractivity contribution in [2.75, 3.05) is 0 Å². The molecule has 0 spiro atoms.